The SMILES string of the molecule is CC1(C)OC(=O)CC1C=C(Cl)c1ccc(Cl)cc1. The van der Waals surface area contributed by atoms with Gasteiger partial charge in [0.1, 0.15) is 5.60 Å². The molecule has 0 aliphatic carbocycles. The van der Waals surface area contributed by atoms with Gasteiger partial charge in [0.25, 0.3) is 0 Å². The number of hydrogen-bond acceptors (Lipinski definition) is 2. The first kappa shape index (κ1) is 13.4. The van der Waals surface area contributed by atoms with E-state index in [-0.39, 0.29) is 11.9 Å². The summed E-state index contributed by atoms with van der Waals surface area (Å²) in [6.07, 6.45) is 2.26. The lowest BCUT2D eigenvalue weighted by Gasteiger charge is -2.22. The van der Waals surface area contributed by atoms with Crippen LogP contribution in [0.25, 0.3) is 5.03 Å². The molecule has 2 rings (SSSR count). The molecule has 0 N–H and O–H groups in total. The van der Waals surface area contributed by atoms with Crippen LogP contribution in [0.1, 0.15) is 25.8 Å². The van der Waals surface area contributed by atoms with Gasteiger partial charge in [0, 0.05) is 16.0 Å². The molecule has 1 atom stereocenters. The van der Waals surface area contributed by atoms with E-state index < -0.39 is 5.60 Å². The monoisotopic (exact) mass is 284 g/mol. The molecule has 2 nitrogen and oxygen atoms in total. The molecule has 4 heteroatoms. The van der Waals surface area contributed by atoms with Crippen LogP contribution in [0.2, 0.25) is 5.02 Å². The first-order chi connectivity index (χ1) is 8.38. The van der Waals surface area contributed by atoms with Crippen molar-refractivity contribution in [3.8, 4) is 0 Å². The Morgan fingerprint density at radius 3 is 2.50 bits per heavy atom. The highest BCUT2D eigenvalue weighted by atomic mass is 35.5. The van der Waals surface area contributed by atoms with E-state index in [2.05, 4.69) is 0 Å². The van der Waals surface area contributed by atoms with Crippen molar-refractivity contribution < 1.29 is 9.53 Å². The lowest BCUT2D eigenvalue weighted by atomic mass is 9.90. The van der Waals surface area contributed by atoms with Crippen LogP contribution in [-0.2, 0) is 9.53 Å². The molecule has 1 aliphatic rings. The van der Waals surface area contributed by atoms with Gasteiger partial charge in [0.2, 0.25) is 0 Å². The topological polar surface area (TPSA) is 26.3 Å². The number of rotatable bonds is 2. The summed E-state index contributed by atoms with van der Waals surface area (Å²) in [5, 5.41) is 1.28. The molecule has 0 bridgehead atoms. The molecule has 0 spiro atoms. The molecular formula is C14H14Cl2O2. The largest absolute Gasteiger partial charge is 0.459 e. The van der Waals surface area contributed by atoms with Crippen LogP contribution in [0.3, 0.4) is 0 Å². The Labute approximate surface area is 117 Å². The average molecular weight is 285 g/mol. The van der Waals surface area contributed by atoms with Gasteiger partial charge in [0.15, 0.2) is 0 Å². The summed E-state index contributed by atoms with van der Waals surface area (Å²) < 4.78 is 5.25. The molecule has 1 aromatic rings. The van der Waals surface area contributed by atoms with Crippen LogP contribution in [0, 0.1) is 5.92 Å². The molecule has 0 amide bonds. The third-order valence-electron chi connectivity index (χ3n) is 3.12. The maximum absolute atomic E-state index is 11.3. The van der Waals surface area contributed by atoms with Crippen molar-refractivity contribution in [2.75, 3.05) is 0 Å². The van der Waals surface area contributed by atoms with Crippen molar-refractivity contribution in [1.29, 1.82) is 0 Å². The quantitative estimate of drug-likeness (QED) is 0.759. The van der Waals surface area contributed by atoms with E-state index in [0.717, 1.165) is 5.56 Å². The molecule has 1 aromatic carbocycles. The van der Waals surface area contributed by atoms with Crippen LogP contribution in [0.4, 0.5) is 0 Å². The summed E-state index contributed by atoms with van der Waals surface area (Å²) in [5.41, 5.74) is 0.389. The molecule has 96 valence electrons. The highest BCUT2D eigenvalue weighted by molar-refractivity contribution is 6.48. The van der Waals surface area contributed by atoms with Gasteiger partial charge in [-0.15, -0.1) is 0 Å². The lowest BCUT2D eigenvalue weighted by molar-refractivity contribution is -0.146. The molecule has 1 heterocycles. The fourth-order valence-corrected chi connectivity index (χ4v) is 2.38. The minimum Gasteiger partial charge on any atom is -0.459 e. The molecule has 1 aliphatic heterocycles. The van der Waals surface area contributed by atoms with E-state index in [1.165, 1.54) is 0 Å². The summed E-state index contributed by atoms with van der Waals surface area (Å²) in [7, 11) is 0. The number of hydrogen-bond donors (Lipinski definition) is 0. The number of esters is 1. The van der Waals surface area contributed by atoms with Gasteiger partial charge in [-0.05, 0) is 31.5 Å². The smallest absolute Gasteiger partial charge is 0.307 e. The minimum absolute atomic E-state index is 0.00632. The number of ether oxygens (including phenoxy) is 1. The highest BCUT2D eigenvalue weighted by Gasteiger charge is 2.40. The zero-order valence-corrected chi connectivity index (χ0v) is 11.8. The molecule has 0 radical (unpaired) electrons. The number of carbonyl (C=O) groups is 1. The van der Waals surface area contributed by atoms with Crippen molar-refractivity contribution in [1.82, 2.24) is 0 Å². The first-order valence-electron chi connectivity index (χ1n) is 5.73. The Bertz CT molecular complexity index is 489. The van der Waals surface area contributed by atoms with Crippen molar-refractivity contribution in [2.24, 2.45) is 5.92 Å². The zero-order valence-electron chi connectivity index (χ0n) is 10.2. The third kappa shape index (κ3) is 2.88. The first-order valence-corrected chi connectivity index (χ1v) is 6.49. The highest BCUT2D eigenvalue weighted by Crippen LogP contribution is 2.36. The van der Waals surface area contributed by atoms with E-state index >= 15 is 0 Å². The lowest BCUT2D eigenvalue weighted by Crippen LogP contribution is -2.26. The summed E-state index contributed by atoms with van der Waals surface area (Å²) in [5.74, 6) is -0.185. The standard InChI is InChI=1S/C14H14Cl2O2/c1-14(2)10(8-13(17)18-14)7-12(16)9-3-5-11(15)6-4-9/h3-7,10H,8H2,1-2H3. The maximum atomic E-state index is 11.3. The molecule has 1 fully saturated rings. The van der Waals surface area contributed by atoms with E-state index in [4.69, 9.17) is 27.9 Å². The fraction of sp³-hybridized carbons (Fsp3) is 0.357. The van der Waals surface area contributed by atoms with Gasteiger partial charge in [-0.1, -0.05) is 41.4 Å². The Morgan fingerprint density at radius 1 is 1.39 bits per heavy atom. The van der Waals surface area contributed by atoms with Crippen LogP contribution < -0.4 is 0 Å². The summed E-state index contributed by atoms with van der Waals surface area (Å²) in [6.45, 7) is 3.79. The van der Waals surface area contributed by atoms with Gasteiger partial charge < -0.3 is 4.74 Å². The summed E-state index contributed by atoms with van der Waals surface area (Å²) >= 11 is 12.1. The van der Waals surface area contributed by atoms with Crippen molar-refractivity contribution in [2.45, 2.75) is 25.9 Å². The molecular weight excluding hydrogens is 271 g/mol. The van der Waals surface area contributed by atoms with E-state index in [0.29, 0.717) is 16.5 Å². The van der Waals surface area contributed by atoms with Gasteiger partial charge in [-0.25, -0.2) is 0 Å². The molecule has 0 aromatic heterocycles. The second-order valence-corrected chi connectivity index (χ2v) is 5.75. The molecule has 1 unspecified atom stereocenters. The van der Waals surface area contributed by atoms with Crippen LogP contribution in [0.15, 0.2) is 30.3 Å². The summed E-state index contributed by atoms with van der Waals surface area (Å²) in [4.78, 5) is 11.3. The predicted molar refractivity (Wildman–Crippen MR) is 73.6 cm³/mol. The minimum atomic E-state index is -0.496. The number of benzene rings is 1. The normalized spacial score (nSPS) is 23.0. The summed E-state index contributed by atoms with van der Waals surface area (Å²) in [6, 6.07) is 7.28. The van der Waals surface area contributed by atoms with Crippen molar-refractivity contribution >= 4 is 34.2 Å². The van der Waals surface area contributed by atoms with Gasteiger partial charge >= 0.3 is 5.97 Å². The van der Waals surface area contributed by atoms with Gasteiger partial charge in [0.05, 0.1) is 6.42 Å². The Kier molecular flexibility index (Phi) is 3.69. The van der Waals surface area contributed by atoms with Crippen molar-refractivity contribution in [3.63, 3.8) is 0 Å². The Hall–Kier alpha value is -0.990. The number of carbonyl (C=O) groups excluding carboxylic acids is 1. The maximum Gasteiger partial charge on any atom is 0.307 e. The second-order valence-electron chi connectivity index (χ2n) is 4.91. The predicted octanol–water partition coefficient (Wildman–Crippen LogP) is 4.26. The molecule has 1 saturated heterocycles. The van der Waals surface area contributed by atoms with E-state index in [9.17, 15) is 4.79 Å². The van der Waals surface area contributed by atoms with Gasteiger partial charge in [-0.2, -0.15) is 0 Å². The van der Waals surface area contributed by atoms with Crippen LogP contribution in [-0.4, -0.2) is 11.6 Å². The third-order valence-corrected chi connectivity index (χ3v) is 3.72. The van der Waals surface area contributed by atoms with Crippen molar-refractivity contribution in [3.05, 3.63) is 40.9 Å². The number of halogens is 2. The molecule has 0 saturated carbocycles. The Balaban J connectivity index is 2.23. The second kappa shape index (κ2) is 4.94. The Morgan fingerprint density at radius 2 is 2.00 bits per heavy atom. The fourth-order valence-electron chi connectivity index (χ4n) is 1.98. The van der Waals surface area contributed by atoms with Crippen LogP contribution in [0.5, 0.6) is 0 Å². The molecule has 18 heavy (non-hydrogen) atoms. The van der Waals surface area contributed by atoms with Gasteiger partial charge in [-0.3, -0.25) is 4.79 Å². The van der Waals surface area contributed by atoms with Crippen LogP contribution >= 0.6 is 23.2 Å². The van der Waals surface area contributed by atoms with E-state index in [1.54, 1.807) is 12.1 Å². The van der Waals surface area contributed by atoms with E-state index in [1.807, 2.05) is 32.1 Å². The zero-order chi connectivity index (χ0) is 13.3. The number of cyclic esters (lactones) is 1. The average Bonchev–Trinajstić information content (AvgIpc) is 2.52.